The van der Waals surface area contributed by atoms with Crippen molar-refractivity contribution in [2.45, 2.75) is 59.1 Å². The van der Waals surface area contributed by atoms with E-state index in [1.807, 2.05) is 36.4 Å². The topological polar surface area (TPSA) is 24.5 Å². The highest BCUT2D eigenvalue weighted by molar-refractivity contribution is 6.30. The average Bonchev–Trinajstić information content (AvgIpc) is 2.74. The van der Waals surface area contributed by atoms with Gasteiger partial charge in [0.25, 0.3) is 0 Å². The summed E-state index contributed by atoms with van der Waals surface area (Å²) in [4.78, 5) is 2.63. The molecule has 1 N–H and O–H groups in total. The van der Waals surface area contributed by atoms with Crippen LogP contribution in [0.4, 0.5) is 0 Å². The van der Waals surface area contributed by atoms with Crippen molar-refractivity contribution in [3.05, 3.63) is 64.7 Å². The Morgan fingerprint density at radius 2 is 1.55 bits per heavy atom. The van der Waals surface area contributed by atoms with Crippen molar-refractivity contribution < 1.29 is 4.74 Å². The Balaban J connectivity index is 1.64. The maximum atomic E-state index is 6.01. The first-order valence-electron chi connectivity index (χ1n) is 11.1. The Morgan fingerprint density at radius 3 is 2.21 bits per heavy atom. The van der Waals surface area contributed by atoms with E-state index in [9.17, 15) is 0 Å². The van der Waals surface area contributed by atoms with Gasteiger partial charge >= 0.3 is 0 Å². The van der Waals surface area contributed by atoms with Crippen LogP contribution >= 0.6 is 11.6 Å². The molecule has 0 spiro atoms. The number of rotatable bonds is 15. The van der Waals surface area contributed by atoms with Gasteiger partial charge < -0.3 is 15.0 Å². The third-order valence-electron chi connectivity index (χ3n) is 5.03. The van der Waals surface area contributed by atoms with Crippen molar-refractivity contribution in [3.8, 4) is 5.75 Å². The molecular weight excluding hydrogens is 380 g/mol. The molecule has 3 nitrogen and oxygen atoms in total. The van der Waals surface area contributed by atoms with Crippen LogP contribution in [0.25, 0.3) is 0 Å². The fourth-order valence-electron chi connectivity index (χ4n) is 3.26. The third kappa shape index (κ3) is 10.2. The number of ether oxygens (including phenoxy) is 1. The largest absolute Gasteiger partial charge is 0.489 e. The Morgan fingerprint density at radius 1 is 0.862 bits per heavy atom. The fourth-order valence-corrected chi connectivity index (χ4v) is 3.47. The van der Waals surface area contributed by atoms with E-state index in [1.165, 1.54) is 57.3 Å². The molecule has 160 valence electrons. The van der Waals surface area contributed by atoms with E-state index in [4.69, 9.17) is 16.3 Å². The summed E-state index contributed by atoms with van der Waals surface area (Å²) in [6.45, 7) is 10.7. The summed E-state index contributed by atoms with van der Waals surface area (Å²) >= 11 is 6.01. The summed E-state index contributed by atoms with van der Waals surface area (Å²) in [6.07, 6.45) is 6.37. The minimum absolute atomic E-state index is 0.532. The number of nitrogens with one attached hydrogen (secondary N) is 1. The van der Waals surface area contributed by atoms with Gasteiger partial charge in [0.15, 0.2) is 0 Å². The van der Waals surface area contributed by atoms with Crippen molar-refractivity contribution in [2.75, 3.05) is 26.2 Å². The van der Waals surface area contributed by atoms with Crippen LogP contribution in [-0.4, -0.2) is 31.1 Å². The second-order valence-electron chi connectivity index (χ2n) is 7.64. The number of unbranched alkanes of at least 4 members (excludes halogenated alkanes) is 2. The van der Waals surface area contributed by atoms with Gasteiger partial charge in [-0.3, -0.25) is 0 Å². The van der Waals surface area contributed by atoms with Crippen LogP contribution < -0.4 is 10.1 Å². The summed E-state index contributed by atoms with van der Waals surface area (Å²) < 4.78 is 5.85. The van der Waals surface area contributed by atoms with Gasteiger partial charge in [-0.05, 0) is 80.8 Å². The minimum atomic E-state index is 0.532. The van der Waals surface area contributed by atoms with Crippen molar-refractivity contribution in [3.63, 3.8) is 0 Å². The van der Waals surface area contributed by atoms with E-state index in [-0.39, 0.29) is 0 Å². The second kappa shape index (κ2) is 14.4. The number of hydrogen-bond donors (Lipinski definition) is 1. The Bertz CT molecular complexity index is 667. The normalized spacial score (nSPS) is 11.2. The molecule has 4 heteroatoms. The van der Waals surface area contributed by atoms with Gasteiger partial charge in [0.1, 0.15) is 12.4 Å². The number of nitrogens with zero attached hydrogens (tertiary/aromatic N) is 1. The Labute approximate surface area is 182 Å². The maximum absolute atomic E-state index is 6.01. The quantitative estimate of drug-likeness (QED) is 0.345. The molecule has 0 radical (unpaired) electrons. The molecular formula is C25H37ClN2O. The highest BCUT2D eigenvalue weighted by Gasteiger charge is 2.03. The lowest BCUT2D eigenvalue weighted by atomic mass is 10.2. The summed E-state index contributed by atoms with van der Waals surface area (Å²) in [5.41, 5.74) is 2.36. The SMILES string of the molecule is CCCCN(CCCC)CCCNCc1ccc(OCc2cccc(Cl)c2)cc1. The summed E-state index contributed by atoms with van der Waals surface area (Å²) in [6, 6.07) is 16.1. The van der Waals surface area contributed by atoms with E-state index in [2.05, 4.69) is 36.2 Å². The lowest BCUT2D eigenvalue weighted by molar-refractivity contribution is 0.261. The third-order valence-corrected chi connectivity index (χ3v) is 5.27. The Kier molecular flexibility index (Phi) is 11.8. The molecule has 0 saturated heterocycles. The molecule has 0 unspecified atom stereocenters. The van der Waals surface area contributed by atoms with Crippen LogP contribution in [0, 0.1) is 0 Å². The van der Waals surface area contributed by atoms with Crippen molar-refractivity contribution in [2.24, 2.45) is 0 Å². The molecule has 0 aliphatic heterocycles. The van der Waals surface area contributed by atoms with Crippen molar-refractivity contribution in [1.29, 1.82) is 0 Å². The lowest BCUT2D eigenvalue weighted by Crippen LogP contribution is -2.29. The predicted octanol–water partition coefficient (Wildman–Crippen LogP) is 6.30. The number of benzene rings is 2. The number of hydrogen-bond acceptors (Lipinski definition) is 3. The summed E-state index contributed by atoms with van der Waals surface area (Å²) in [5.74, 6) is 0.885. The molecule has 2 rings (SSSR count). The molecule has 0 heterocycles. The van der Waals surface area contributed by atoms with Gasteiger partial charge in [0, 0.05) is 11.6 Å². The first-order chi connectivity index (χ1) is 14.2. The Hall–Kier alpha value is -1.55. The van der Waals surface area contributed by atoms with Crippen molar-refractivity contribution >= 4 is 11.6 Å². The first-order valence-corrected chi connectivity index (χ1v) is 11.5. The van der Waals surface area contributed by atoms with Gasteiger partial charge in [-0.15, -0.1) is 0 Å². The summed E-state index contributed by atoms with van der Waals surface area (Å²) in [5, 5.41) is 4.31. The van der Waals surface area contributed by atoms with E-state index in [1.54, 1.807) is 0 Å². The van der Waals surface area contributed by atoms with Gasteiger partial charge in [-0.2, -0.15) is 0 Å². The van der Waals surface area contributed by atoms with Gasteiger partial charge in [0.2, 0.25) is 0 Å². The molecule has 0 atom stereocenters. The summed E-state index contributed by atoms with van der Waals surface area (Å²) in [7, 11) is 0. The predicted molar refractivity (Wildman–Crippen MR) is 125 cm³/mol. The van der Waals surface area contributed by atoms with Crippen LogP contribution in [0.1, 0.15) is 57.1 Å². The van der Waals surface area contributed by atoms with E-state index in [0.717, 1.165) is 29.4 Å². The number of halogens is 1. The highest BCUT2D eigenvalue weighted by Crippen LogP contribution is 2.16. The van der Waals surface area contributed by atoms with E-state index >= 15 is 0 Å². The lowest BCUT2D eigenvalue weighted by Gasteiger charge is -2.22. The van der Waals surface area contributed by atoms with Crippen LogP contribution in [0.5, 0.6) is 5.75 Å². The molecule has 0 amide bonds. The zero-order valence-electron chi connectivity index (χ0n) is 18.1. The fraction of sp³-hybridized carbons (Fsp3) is 0.520. The minimum Gasteiger partial charge on any atom is -0.489 e. The molecule has 29 heavy (non-hydrogen) atoms. The molecule has 0 aromatic heterocycles. The van der Waals surface area contributed by atoms with Gasteiger partial charge in [-0.1, -0.05) is 62.6 Å². The standard InChI is InChI=1S/C25H37ClN2O/c1-3-5-16-28(17-6-4-2)18-8-15-27-20-22-11-13-25(14-12-22)29-21-23-9-7-10-24(26)19-23/h7,9-14,19,27H,3-6,8,15-18,20-21H2,1-2H3. The van der Waals surface area contributed by atoms with Crippen LogP contribution in [0.3, 0.4) is 0 Å². The average molecular weight is 417 g/mol. The molecule has 0 aliphatic carbocycles. The van der Waals surface area contributed by atoms with Crippen LogP contribution in [-0.2, 0) is 13.2 Å². The van der Waals surface area contributed by atoms with Gasteiger partial charge in [-0.25, -0.2) is 0 Å². The molecule has 0 bridgehead atoms. The van der Waals surface area contributed by atoms with Crippen molar-refractivity contribution in [1.82, 2.24) is 10.2 Å². The molecule has 0 saturated carbocycles. The zero-order valence-corrected chi connectivity index (χ0v) is 18.9. The van der Waals surface area contributed by atoms with E-state index < -0.39 is 0 Å². The van der Waals surface area contributed by atoms with E-state index in [0.29, 0.717) is 6.61 Å². The van der Waals surface area contributed by atoms with Gasteiger partial charge in [0.05, 0.1) is 0 Å². The zero-order chi connectivity index (χ0) is 20.7. The molecule has 2 aromatic rings. The smallest absolute Gasteiger partial charge is 0.119 e. The molecule has 0 aliphatic rings. The second-order valence-corrected chi connectivity index (χ2v) is 8.08. The maximum Gasteiger partial charge on any atom is 0.119 e. The van der Waals surface area contributed by atoms with Crippen LogP contribution in [0.2, 0.25) is 5.02 Å². The highest BCUT2D eigenvalue weighted by atomic mass is 35.5. The molecule has 0 fully saturated rings. The first kappa shape index (κ1) is 23.7. The molecule has 2 aromatic carbocycles. The van der Waals surface area contributed by atoms with Crippen LogP contribution in [0.15, 0.2) is 48.5 Å². The monoisotopic (exact) mass is 416 g/mol.